The first-order valence-electron chi connectivity index (χ1n) is 8.29. The van der Waals surface area contributed by atoms with Crippen LogP contribution in [0.3, 0.4) is 0 Å². The standard InChI is InChI=1S/C20H20FN3O3/c1-24-11-10-22-19(24)18(13-4-6-14(21)7-5-13)23-20(25)16-12-15(26-2)8-9-17(16)27-3/h4-12,18H,1-3H3,(H,23,25). The molecule has 1 heterocycles. The molecule has 0 aliphatic rings. The Labute approximate surface area is 156 Å². The molecule has 27 heavy (non-hydrogen) atoms. The van der Waals surface area contributed by atoms with Gasteiger partial charge in [-0.1, -0.05) is 12.1 Å². The lowest BCUT2D eigenvalue weighted by Crippen LogP contribution is -2.31. The average Bonchev–Trinajstić information content (AvgIpc) is 3.11. The Morgan fingerprint density at radius 1 is 1.15 bits per heavy atom. The maximum Gasteiger partial charge on any atom is 0.256 e. The van der Waals surface area contributed by atoms with Crippen LogP contribution in [0.15, 0.2) is 54.9 Å². The van der Waals surface area contributed by atoms with Crippen molar-refractivity contribution in [2.75, 3.05) is 14.2 Å². The van der Waals surface area contributed by atoms with E-state index < -0.39 is 6.04 Å². The Hall–Kier alpha value is -3.35. The number of benzene rings is 2. The largest absolute Gasteiger partial charge is 0.497 e. The molecule has 0 fully saturated rings. The van der Waals surface area contributed by atoms with Crippen LogP contribution in [0.5, 0.6) is 11.5 Å². The fraction of sp³-hybridized carbons (Fsp3) is 0.200. The normalized spacial score (nSPS) is 11.7. The predicted octanol–water partition coefficient (Wildman–Crippen LogP) is 3.10. The monoisotopic (exact) mass is 369 g/mol. The number of aromatic nitrogens is 2. The summed E-state index contributed by atoms with van der Waals surface area (Å²) in [5.41, 5.74) is 1.04. The molecule has 0 spiro atoms. The molecule has 3 aromatic rings. The highest BCUT2D eigenvalue weighted by Crippen LogP contribution is 2.26. The first kappa shape index (κ1) is 18.4. The van der Waals surface area contributed by atoms with Crippen molar-refractivity contribution in [3.05, 3.63) is 77.6 Å². The number of carbonyl (C=O) groups is 1. The minimum Gasteiger partial charge on any atom is -0.497 e. The second kappa shape index (κ2) is 7.90. The molecule has 7 heteroatoms. The summed E-state index contributed by atoms with van der Waals surface area (Å²) >= 11 is 0. The Bertz CT molecular complexity index is 938. The summed E-state index contributed by atoms with van der Waals surface area (Å²) in [6.07, 6.45) is 3.42. The number of hydrogen-bond donors (Lipinski definition) is 1. The summed E-state index contributed by atoms with van der Waals surface area (Å²) < 4.78 is 25.6. The van der Waals surface area contributed by atoms with Gasteiger partial charge < -0.3 is 19.4 Å². The van der Waals surface area contributed by atoms with Gasteiger partial charge in [0.1, 0.15) is 29.2 Å². The van der Waals surface area contributed by atoms with E-state index in [2.05, 4.69) is 10.3 Å². The Morgan fingerprint density at radius 3 is 2.48 bits per heavy atom. The van der Waals surface area contributed by atoms with Gasteiger partial charge in [-0.15, -0.1) is 0 Å². The molecule has 0 aliphatic heterocycles. The molecule has 1 amide bonds. The van der Waals surface area contributed by atoms with E-state index in [0.29, 0.717) is 28.5 Å². The summed E-state index contributed by atoms with van der Waals surface area (Å²) in [6.45, 7) is 0. The van der Waals surface area contributed by atoms with E-state index in [4.69, 9.17) is 9.47 Å². The minimum atomic E-state index is -0.561. The van der Waals surface area contributed by atoms with Crippen LogP contribution in [0, 0.1) is 5.82 Å². The Kier molecular flexibility index (Phi) is 5.40. The maximum atomic E-state index is 13.3. The smallest absolute Gasteiger partial charge is 0.256 e. The zero-order chi connectivity index (χ0) is 19.4. The molecule has 0 radical (unpaired) electrons. The van der Waals surface area contributed by atoms with Crippen molar-refractivity contribution in [1.82, 2.24) is 14.9 Å². The maximum absolute atomic E-state index is 13.3. The van der Waals surface area contributed by atoms with Crippen molar-refractivity contribution in [3.8, 4) is 11.5 Å². The summed E-state index contributed by atoms with van der Waals surface area (Å²) in [4.78, 5) is 17.3. The van der Waals surface area contributed by atoms with Crippen molar-refractivity contribution >= 4 is 5.91 Å². The van der Waals surface area contributed by atoms with Crippen LogP contribution in [0.4, 0.5) is 4.39 Å². The molecule has 0 aliphatic carbocycles. The van der Waals surface area contributed by atoms with Crippen LogP contribution in [0.2, 0.25) is 0 Å². The zero-order valence-electron chi connectivity index (χ0n) is 15.3. The van der Waals surface area contributed by atoms with Gasteiger partial charge in [-0.2, -0.15) is 0 Å². The third kappa shape index (κ3) is 3.92. The van der Waals surface area contributed by atoms with Gasteiger partial charge in [0.25, 0.3) is 5.91 Å². The van der Waals surface area contributed by atoms with Crippen LogP contribution in [0.25, 0.3) is 0 Å². The summed E-state index contributed by atoms with van der Waals surface area (Å²) in [7, 11) is 4.85. The van der Waals surface area contributed by atoms with Crippen molar-refractivity contribution in [3.63, 3.8) is 0 Å². The Balaban J connectivity index is 1.98. The number of nitrogens with one attached hydrogen (secondary N) is 1. The fourth-order valence-electron chi connectivity index (χ4n) is 2.81. The van der Waals surface area contributed by atoms with Gasteiger partial charge in [0, 0.05) is 19.4 Å². The number of imidazole rings is 1. The van der Waals surface area contributed by atoms with Crippen molar-refractivity contribution in [1.29, 1.82) is 0 Å². The van der Waals surface area contributed by atoms with Crippen molar-refractivity contribution in [2.24, 2.45) is 7.05 Å². The third-order valence-electron chi connectivity index (χ3n) is 4.25. The lowest BCUT2D eigenvalue weighted by molar-refractivity contribution is 0.0937. The predicted molar refractivity (Wildman–Crippen MR) is 98.5 cm³/mol. The minimum absolute atomic E-state index is 0.332. The van der Waals surface area contributed by atoms with Crippen LogP contribution in [0.1, 0.15) is 27.8 Å². The summed E-state index contributed by atoms with van der Waals surface area (Å²) in [5, 5.41) is 2.96. The molecule has 0 bridgehead atoms. The lowest BCUT2D eigenvalue weighted by atomic mass is 10.0. The number of methoxy groups -OCH3 is 2. The van der Waals surface area contributed by atoms with Gasteiger partial charge in [-0.3, -0.25) is 4.79 Å². The van der Waals surface area contributed by atoms with Crippen LogP contribution < -0.4 is 14.8 Å². The average molecular weight is 369 g/mol. The SMILES string of the molecule is COc1ccc(OC)c(C(=O)NC(c2ccc(F)cc2)c2nccn2C)c1. The van der Waals surface area contributed by atoms with E-state index in [9.17, 15) is 9.18 Å². The van der Waals surface area contributed by atoms with E-state index in [-0.39, 0.29) is 11.7 Å². The molecule has 140 valence electrons. The lowest BCUT2D eigenvalue weighted by Gasteiger charge is -2.20. The molecule has 6 nitrogen and oxygen atoms in total. The fourth-order valence-corrected chi connectivity index (χ4v) is 2.81. The number of halogens is 1. The Morgan fingerprint density at radius 2 is 1.89 bits per heavy atom. The van der Waals surface area contributed by atoms with Crippen molar-refractivity contribution in [2.45, 2.75) is 6.04 Å². The summed E-state index contributed by atoms with van der Waals surface area (Å²) in [6, 6.07) is 10.4. The van der Waals surface area contributed by atoms with Crippen LogP contribution >= 0.6 is 0 Å². The van der Waals surface area contributed by atoms with Gasteiger partial charge in [0.15, 0.2) is 0 Å². The van der Waals surface area contributed by atoms with E-state index in [1.54, 1.807) is 47.3 Å². The molecule has 1 N–H and O–H groups in total. The third-order valence-corrected chi connectivity index (χ3v) is 4.25. The number of aryl methyl sites for hydroxylation is 1. The van der Waals surface area contributed by atoms with E-state index in [1.807, 2.05) is 7.05 Å². The topological polar surface area (TPSA) is 65.4 Å². The molecular weight excluding hydrogens is 349 g/mol. The molecule has 1 unspecified atom stereocenters. The number of amides is 1. The van der Waals surface area contributed by atoms with Gasteiger partial charge in [0.2, 0.25) is 0 Å². The quantitative estimate of drug-likeness (QED) is 0.725. The molecule has 0 saturated heterocycles. The second-order valence-corrected chi connectivity index (χ2v) is 5.92. The van der Waals surface area contributed by atoms with Gasteiger partial charge in [-0.25, -0.2) is 9.37 Å². The number of carbonyl (C=O) groups excluding carboxylic acids is 1. The zero-order valence-corrected chi connectivity index (χ0v) is 15.3. The molecule has 0 saturated carbocycles. The number of nitrogens with zero attached hydrogens (tertiary/aromatic N) is 2. The van der Waals surface area contributed by atoms with E-state index in [1.165, 1.54) is 26.4 Å². The number of ether oxygens (including phenoxy) is 2. The molecule has 1 atom stereocenters. The number of hydrogen-bond acceptors (Lipinski definition) is 4. The highest BCUT2D eigenvalue weighted by molar-refractivity contribution is 5.97. The molecule has 2 aromatic carbocycles. The van der Waals surface area contributed by atoms with Gasteiger partial charge in [0.05, 0.1) is 19.8 Å². The van der Waals surface area contributed by atoms with Crippen molar-refractivity contribution < 1.29 is 18.7 Å². The number of rotatable bonds is 6. The van der Waals surface area contributed by atoms with E-state index in [0.717, 1.165) is 0 Å². The second-order valence-electron chi connectivity index (χ2n) is 5.92. The van der Waals surface area contributed by atoms with Gasteiger partial charge in [-0.05, 0) is 35.9 Å². The van der Waals surface area contributed by atoms with Crippen LogP contribution in [-0.4, -0.2) is 29.7 Å². The molecule has 1 aromatic heterocycles. The van der Waals surface area contributed by atoms with Crippen LogP contribution in [-0.2, 0) is 7.05 Å². The highest BCUT2D eigenvalue weighted by Gasteiger charge is 2.23. The molecule has 3 rings (SSSR count). The highest BCUT2D eigenvalue weighted by atomic mass is 19.1. The first-order chi connectivity index (χ1) is 13.0. The summed E-state index contributed by atoms with van der Waals surface area (Å²) in [5.74, 6) is 0.875. The van der Waals surface area contributed by atoms with E-state index >= 15 is 0 Å². The van der Waals surface area contributed by atoms with Gasteiger partial charge >= 0.3 is 0 Å². The first-order valence-corrected chi connectivity index (χ1v) is 8.29. The molecular formula is C20H20FN3O3.